The van der Waals surface area contributed by atoms with Crippen LogP contribution in [0.4, 0.5) is 0 Å². The van der Waals surface area contributed by atoms with Gasteiger partial charge in [0.15, 0.2) is 29.1 Å². The maximum atomic E-state index is 17.4. The van der Waals surface area contributed by atoms with Crippen LogP contribution in [0, 0.1) is 5.92 Å². The van der Waals surface area contributed by atoms with Gasteiger partial charge in [-0.05, 0) is 191 Å². The number of nitrogens with zero attached hydrogens (tertiary/aromatic N) is 4. The number of halogens is 2. The minimum atomic E-state index is -3.21. The van der Waals surface area contributed by atoms with Crippen LogP contribution in [-0.2, 0) is 63.8 Å². The zero-order chi connectivity index (χ0) is 102. The number of aromatic hydroxyl groups is 3. The highest BCUT2D eigenvalue weighted by Gasteiger charge is 2.63. The smallest absolute Gasteiger partial charge is 0.417 e. The fraction of sp³-hybridized carbons (Fsp3) is 0.490. The third kappa shape index (κ3) is 23.0. The highest BCUT2D eigenvalue weighted by molar-refractivity contribution is 7.64. The number of esters is 1. The number of amides is 8. The molecule has 17 bridgehead atoms. The molecular weight excluding hydrogens is 1930 g/mol. The Morgan fingerprint density at radius 1 is 0.556 bits per heavy atom. The van der Waals surface area contributed by atoms with Crippen molar-refractivity contribution in [2.75, 3.05) is 87.2 Å². The molecule has 44 heteroatoms. The number of aliphatic hydroxyl groups excluding tert-OH is 7. The lowest BCUT2D eigenvalue weighted by molar-refractivity contribution is -0.277. The van der Waals surface area contributed by atoms with Crippen molar-refractivity contribution in [2.45, 2.75) is 220 Å². The van der Waals surface area contributed by atoms with Crippen molar-refractivity contribution < 1.29 is 137 Å². The van der Waals surface area contributed by atoms with E-state index in [0.717, 1.165) is 120 Å². The van der Waals surface area contributed by atoms with Crippen molar-refractivity contribution >= 4 is 84.4 Å². The summed E-state index contributed by atoms with van der Waals surface area (Å²) in [5.74, 6) is -15.0. The summed E-state index contributed by atoms with van der Waals surface area (Å²) in [7, 11) is 2.83. The van der Waals surface area contributed by atoms with Gasteiger partial charge in [-0.15, -0.1) is 14.0 Å². The molecule has 0 aliphatic carbocycles. The van der Waals surface area contributed by atoms with E-state index in [1.165, 1.54) is 73.8 Å². The molecule has 18 atom stereocenters. The van der Waals surface area contributed by atoms with Crippen LogP contribution in [0.1, 0.15) is 179 Å². The van der Waals surface area contributed by atoms with E-state index in [2.05, 4.69) is 75.7 Å². The molecule has 0 unspecified atom stereocenters. The van der Waals surface area contributed by atoms with Crippen LogP contribution < -0.4 is 76.1 Å². The number of rotatable bonds is 26. The lowest BCUT2D eigenvalue weighted by Crippen LogP contribution is -2.66. The number of nitrogens with one attached hydrogen (secondary N) is 9. The van der Waals surface area contributed by atoms with Crippen molar-refractivity contribution in [3.8, 4) is 80.1 Å². The number of hydrogen-bond donors (Lipinski definition) is 19. The van der Waals surface area contributed by atoms with Gasteiger partial charge in [0.2, 0.25) is 71.3 Å². The molecule has 11 heterocycles. The van der Waals surface area contributed by atoms with E-state index in [1.807, 2.05) is 4.90 Å². The zero-order valence-corrected chi connectivity index (χ0v) is 82.6. The number of likely N-dealkylation sites (N-methyl/N-ethyl adjacent to an activating group) is 1. The van der Waals surface area contributed by atoms with Gasteiger partial charge in [-0.25, -0.2) is 4.79 Å². The maximum Gasteiger partial charge on any atom is 0.417 e. The van der Waals surface area contributed by atoms with Crippen molar-refractivity contribution in [2.24, 2.45) is 5.92 Å². The Kier molecular flexibility index (Phi) is 33.6. The van der Waals surface area contributed by atoms with E-state index in [-0.39, 0.29) is 75.4 Å². The molecule has 144 heavy (non-hydrogen) atoms. The van der Waals surface area contributed by atoms with Gasteiger partial charge in [0, 0.05) is 87.5 Å². The second kappa shape index (κ2) is 46.0. The summed E-state index contributed by atoms with van der Waals surface area (Å²) in [6.45, 7) is 7.33. The highest BCUT2D eigenvalue weighted by atomic mass is 35.5. The first-order valence-corrected chi connectivity index (χ1v) is 50.9. The summed E-state index contributed by atoms with van der Waals surface area (Å²) in [6, 6.07) is 7.78. The first-order valence-electron chi connectivity index (χ1n) is 48.5. The SMILES string of the molecule is CN[C@@H]1C(=O)N[C@@H]2Cc3ccc(cc3)Oc3cc4cc(c3O[C@@H]3O[C@H](C(=O)OC)[C@@H](O)[C@H](O)[C@H]3NC(=O)CCCCCCCC(C)C)Oc3ccc(cc3Cl)[C@@H](O)[C@@H]3NC(=O)[C@H](NC(=O)[C@@H]4NC(=O)[C@@H](NC2=O)c2cc(cc(O[P+](N4CCCC4)(N4CCCC4)N4CCCC4)c2Cl)Oc2cc1ccc2O)c1ccc(O)c(c1)-c1c(O[C@H]2O[C@H](CO)[C@@H](O)[C@H](O)[C@@H]2O)cc(O)cc1[C@H](C(=O)NCCCN(C)C)NC3=O. The van der Waals surface area contributed by atoms with E-state index < -0.39 is 245 Å². The predicted molar refractivity (Wildman–Crippen MR) is 520 cm³/mol. The van der Waals surface area contributed by atoms with Crippen LogP contribution in [0.25, 0.3) is 11.1 Å². The minimum Gasteiger partial charge on any atom is -0.508 e. The second-order valence-corrected chi connectivity index (χ2v) is 41.8. The highest BCUT2D eigenvalue weighted by Crippen LogP contribution is 2.71. The number of methoxy groups -OCH3 is 1. The molecule has 19 N–H and O–H groups in total. The van der Waals surface area contributed by atoms with Gasteiger partial charge >= 0.3 is 13.9 Å². The predicted octanol–water partition coefficient (Wildman–Crippen LogP) is 6.50. The summed E-state index contributed by atoms with van der Waals surface area (Å²) in [6.07, 6.45) is -11.3. The number of unbranched alkanes of at least 4 members (excludes halogenated alkanes) is 4. The summed E-state index contributed by atoms with van der Waals surface area (Å²) in [4.78, 5) is 145. The molecule has 18 rings (SSSR count). The number of aliphatic hydroxyl groups is 7. The number of phenols is 3. The van der Waals surface area contributed by atoms with E-state index in [0.29, 0.717) is 76.6 Å². The molecule has 41 nitrogen and oxygen atoms in total. The molecular formula is C100H123Cl2N13O28P+. The van der Waals surface area contributed by atoms with E-state index in [9.17, 15) is 60.7 Å². The summed E-state index contributed by atoms with van der Waals surface area (Å²) in [5, 5.41) is 143. The van der Waals surface area contributed by atoms with Crippen molar-refractivity contribution in [3.63, 3.8) is 0 Å². The second-order valence-electron chi connectivity index (χ2n) is 38.1. The topological polar surface area (TPSA) is 560 Å². The molecule has 11 aliphatic heterocycles. The number of ether oxygens (including phenoxy) is 8. The fourth-order valence-corrected chi connectivity index (χ4v) is 24.4. The quantitative estimate of drug-likeness (QED) is 0.0156. The number of phenolic OH excluding ortho intramolecular Hbond substituents is 3. The van der Waals surface area contributed by atoms with E-state index in [1.54, 1.807) is 14.1 Å². The number of carbonyl (C=O) groups is 9. The van der Waals surface area contributed by atoms with Crippen LogP contribution >= 0.6 is 31.1 Å². The Bertz CT molecular complexity index is 5860. The summed E-state index contributed by atoms with van der Waals surface area (Å²) < 4.78 is 66.1. The van der Waals surface area contributed by atoms with Gasteiger partial charge in [0.1, 0.15) is 126 Å². The normalized spacial score (nSPS) is 26.5. The average Bonchev–Trinajstić information content (AvgIpc) is 1.56. The van der Waals surface area contributed by atoms with Gasteiger partial charge in [-0.3, -0.25) is 42.9 Å². The molecule has 0 aromatic heterocycles. The van der Waals surface area contributed by atoms with Gasteiger partial charge in [0.05, 0.1) is 23.8 Å². The molecule has 11 aliphatic rings. The molecule has 5 saturated heterocycles. The maximum absolute atomic E-state index is 17.4. The molecule has 5 fully saturated rings. The van der Waals surface area contributed by atoms with Crippen molar-refractivity contribution in [1.29, 1.82) is 0 Å². The lowest BCUT2D eigenvalue weighted by atomic mass is 9.89. The van der Waals surface area contributed by atoms with E-state index in [4.69, 9.17) is 65.6 Å². The molecule has 774 valence electrons. The number of fused-ring (bicyclic) bond motifs is 14. The Labute approximate surface area is 840 Å². The van der Waals surface area contributed by atoms with Gasteiger partial charge in [-0.1, -0.05) is 99.5 Å². The first kappa shape index (κ1) is 105. The Morgan fingerprint density at radius 3 is 1.83 bits per heavy atom. The summed E-state index contributed by atoms with van der Waals surface area (Å²) in [5.41, 5.74) is -2.16. The monoisotopic (exact) mass is 2050 g/mol. The van der Waals surface area contributed by atoms with Crippen LogP contribution in [0.5, 0.6) is 69.0 Å². The molecule has 7 aromatic carbocycles. The summed E-state index contributed by atoms with van der Waals surface area (Å²) >= 11 is 15.5. The Morgan fingerprint density at radius 2 is 1.17 bits per heavy atom. The zero-order valence-electron chi connectivity index (χ0n) is 80.2. The first-order chi connectivity index (χ1) is 69.1. The van der Waals surface area contributed by atoms with Crippen LogP contribution in [0.15, 0.2) is 115 Å². The van der Waals surface area contributed by atoms with Crippen LogP contribution in [-0.4, -0.2) is 284 Å². The minimum absolute atomic E-state index is 0.0710. The third-order valence-electron chi connectivity index (χ3n) is 27.2. The van der Waals surface area contributed by atoms with Crippen LogP contribution in [0.3, 0.4) is 0 Å². The van der Waals surface area contributed by atoms with Crippen molar-refractivity contribution in [3.05, 3.63) is 164 Å². The Balaban J connectivity index is 0.937. The van der Waals surface area contributed by atoms with Gasteiger partial charge in [-0.2, -0.15) is 0 Å². The average molecular weight is 2060 g/mol. The molecule has 7 aromatic rings. The lowest BCUT2D eigenvalue weighted by Gasteiger charge is -2.41. The Hall–Kier alpha value is -11.6. The standard InChI is InChI=1S/C100H122Cl2N13O28P/c1-50(2)19-10-8-7-9-11-20-73(120)106-82-85(123)87(125)90(98(134)135-6)142-99(82)141-89-70-43-55-44-71(89)138-66-30-25-54(41-62(66)101)83(121)81-97(133)110-79(92(128)104-31-18-32-112(4)5)60-45-56(117)46-68(139-100-88(126)86(124)84(122)72(49-116)140-100)74(60)59-40-52(23-28-64(59)118)77(94(130)111-81)107-95(131)78(55)108-96(132)80-61-47-58(48-69(75(61)102)143-144(113-33-12-13-34-113,114-35-14-15-36-114)115-37-16-17-38-115)137-67-42-53(24-29-65(67)119)76(103-3)93(129)105-63(91(127)109-80)39-51-21-26-57(136-70)27-22-51/h21-30,40-48,50,63,72,76-88,90,99-100,103,116,121-126H,7-20,31-39,49H2,1-6H3,(H10-,104,105,106,107,108,109,110,111,117,118,119,120,127,128,129,130,131,132,133)/p+1/t63-,72-,76+,77-,78-,79-,80+,81+,82-,83-,84-,85-,86+,87+,88+,90+,99-,100+/m1/s1. The fourth-order valence-electron chi connectivity index (χ4n) is 19.6. The van der Waals surface area contributed by atoms with Crippen molar-refractivity contribution in [1.82, 2.24) is 66.8 Å². The van der Waals surface area contributed by atoms with Gasteiger partial charge in [0.25, 0.3) is 0 Å². The number of benzene rings is 7. The largest absolute Gasteiger partial charge is 0.508 e. The van der Waals surface area contributed by atoms with Gasteiger partial charge < -0.3 is 142 Å². The molecule has 0 radical (unpaired) electrons. The number of carbonyl (C=O) groups excluding carboxylic acids is 9. The molecule has 8 amide bonds. The van der Waals surface area contributed by atoms with E-state index >= 15 is 33.6 Å². The number of hydrogen-bond acceptors (Lipinski definition) is 33. The third-order valence-corrected chi connectivity index (χ3v) is 31.8. The molecule has 0 saturated carbocycles. The molecule has 0 spiro atoms. The van der Waals surface area contributed by atoms with Crippen LogP contribution in [0.2, 0.25) is 10.0 Å².